The van der Waals surface area contributed by atoms with Crippen molar-refractivity contribution >= 4 is 16.9 Å². The van der Waals surface area contributed by atoms with E-state index in [9.17, 15) is 18.8 Å². The lowest BCUT2D eigenvalue weighted by atomic mass is 9.90. The molecular weight excluding hydrogens is 611 g/mol. The van der Waals surface area contributed by atoms with E-state index in [2.05, 4.69) is 49.9 Å². The van der Waals surface area contributed by atoms with Crippen LogP contribution in [0.25, 0.3) is 27.8 Å². The number of pyridine rings is 1. The third-order valence-electron chi connectivity index (χ3n) is 9.64. The van der Waals surface area contributed by atoms with Gasteiger partial charge >= 0.3 is 5.69 Å². The number of hydrogen-bond acceptors (Lipinski definition) is 7. The van der Waals surface area contributed by atoms with Crippen molar-refractivity contribution in [1.29, 1.82) is 0 Å². The zero-order valence-electron chi connectivity index (χ0n) is 27.2. The number of aromatic nitrogens is 5. The lowest BCUT2D eigenvalue weighted by Crippen LogP contribution is -2.45. The molecule has 1 saturated heterocycles. The normalized spacial score (nSPS) is 18.6. The van der Waals surface area contributed by atoms with E-state index in [0.29, 0.717) is 37.1 Å². The van der Waals surface area contributed by atoms with Crippen molar-refractivity contribution in [3.63, 3.8) is 0 Å². The van der Waals surface area contributed by atoms with Crippen LogP contribution in [0.3, 0.4) is 0 Å². The molecule has 12 heteroatoms. The van der Waals surface area contributed by atoms with Gasteiger partial charge in [0.2, 0.25) is 0 Å². The Bertz CT molecular complexity index is 2070. The minimum absolute atomic E-state index is 0.0400. The molecule has 5 aromatic rings. The number of fused-ring (bicyclic) bond motifs is 1. The third kappa shape index (κ3) is 6.33. The van der Waals surface area contributed by atoms with Crippen molar-refractivity contribution in [2.45, 2.75) is 51.2 Å². The average molecular weight is 651 g/mol. The van der Waals surface area contributed by atoms with Gasteiger partial charge in [-0.3, -0.25) is 23.7 Å². The van der Waals surface area contributed by atoms with Gasteiger partial charge in [-0.05, 0) is 73.6 Å². The van der Waals surface area contributed by atoms with Gasteiger partial charge in [0.15, 0.2) is 5.65 Å². The summed E-state index contributed by atoms with van der Waals surface area (Å²) in [7, 11) is 1.79. The van der Waals surface area contributed by atoms with E-state index in [-0.39, 0.29) is 23.0 Å². The Kier molecular flexibility index (Phi) is 8.76. The van der Waals surface area contributed by atoms with Gasteiger partial charge in [-0.2, -0.15) is 5.10 Å². The van der Waals surface area contributed by atoms with Gasteiger partial charge in [0, 0.05) is 57.5 Å². The predicted octanol–water partition coefficient (Wildman–Crippen LogP) is 3.71. The van der Waals surface area contributed by atoms with E-state index in [0.717, 1.165) is 61.8 Å². The summed E-state index contributed by atoms with van der Waals surface area (Å²) in [6.45, 7) is 6.82. The van der Waals surface area contributed by atoms with Crippen LogP contribution in [0.1, 0.15) is 53.5 Å². The number of aryl methyl sites for hydroxylation is 2. The molecule has 1 aliphatic carbocycles. The fraction of sp³-hybridized carbons (Fsp3) is 0.361. The van der Waals surface area contributed by atoms with Crippen LogP contribution in [0.15, 0.2) is 76.4 Å². The van der Waals surface area contributed by atoms with Gasteiger partial charge in [-0.25, -0.2) is 18.7 Å². The Balaban J connectivity index is 1.17. The number of hydrogen-bond donors (Lipinski definition) is 2. The summed E-state index contributed by atoms with van der Waals surface area (Å²) in [6.07, 6.45) is 3.17. The van der Waals surface area contributed by atoms with Crippen LogP contribution < -0.4 is 21.9 Å². The van der Waals surface area contributed by atoms with Crippen LogP contribution in [-0.2, 0) is 13.6 Å². The van der Waals surface area contributed by atoms with E-state index < -0.39 is 23.1 Å². The summed E-state index contributed by atoms with van der Waals surface area (Å²) in [5.74, 6) is -0.898. The molecule has 2 aliphatic rings. The molecule has 11 nitrogen and oxygen atoms in total. The van der Waals surface area contributed by atoms with Crippen molar-refractivity contribution in [3.8, 4) is 16.8 Å². The summed E-state index contributed by atoms with van der Waals surface area (Å²) in [6, 6.07) is 18.3. The highest BCUT2D eigenvalue weighted by Crippen LogP contribution is 2.28. The van der Waals surface area contributed by atoms with E-state index in [1.807, 2.05) is 25.1 Å². The molecule has 4 heterocycles. The van der Waals surface area contributed by atoms with E-state index in [1.165, 1.54) is 14.7 Å². The van der Waals surface area contributed by atoms with Crippen LogP contribution in [0, 0.1) is 12.7 Å². The fourth-order valence-electron chi connectivity index (χ4n) is 6.90. The number of carbonyl (C=O) groups is 1. The smallest absolute Gasteiger partial charge is 0.337 e. The quantitative estimate of drug-likeness (QED) is 0.276. The predicted molar refractivity (Wildman–Crippen MR) is 182 cm³/mol. The first kappa shape index (κ1) is 31.6. The third-order valence-corrected chi connectivity index (χ3v) is 9.64. The number of halogens is 1. The van der Waals surface area contributed by atoms with Gasteiger partial charge in [-0.15, -0.1) is 0 Å². The largest absolute Gasteiger partial charge is 0.348 e. The Labute approximate surface area is 277 Å². The number of nitrogens with one attached hydrogen (secondary N) is 2. The fourth-order valence-corrected chi connectivity index (χ4v) is 6.90. The summed E-state index contributed by atoms with van der Waals surface area (Å²) in [5, 5.41) is 10.7. The zero-order valence-corrected chi connectivity index (χ0v) is 27.2. The first-order valence-corrected chi connectivity index (χ1v) is 16.5. The maximum absolute atomic E-state index is 14.5. The number of piperazine rings is 1. The number of carbonyl (C=O) groups excluding carboxylic acids is 1. The summed E-state index contributed by atoms with van der Waals surface area (Å²) in [4.78, 5) is 47.5. The highest BCUT2D eigenvalue weighted by molar-refractivity contribution is 5.92. The van der Waals surface area contributed by atoms with Crippen LogP contribution in [0.5, 0.6) is 0 Å². The molecule has 1 saturated carbocycles. The minimum Gasteiger partial charge on any atom is -0.348 e. The van der Waals surface area contributed by atoms with Crippen molar-refractivity contribution < 1.29 is 9.18 Å². The molecule has 48 heavy (non-hydrogen) atoms. The molecule has 0 spiro atoms. The van der Waals surface area contributed by atoms with Gasteiger partial charge < -0.3 is 10.6 Å². The second kappa shape index (κ2) is 13.3. The Morgan fingerprint density at radius 1 is 0.979 bits per heavy atom. The Morgan fingerprint density at radius 2 is 1.73 bits per heavy atom. The highest BCUT2D eigenvalue weighted by atomic mass is 19.1. The average Bonchev–Trinajstić information content (AvgIpc) is 3.44. The van der Waals surface area contributed by atoms with E-state index in [4.69, 9.17) is 0 Å². The number of nitrogens with zero attached hydrogens (tertiary/aromatic N) is 6. The SMILES string of the molecule is Cc1cc(C(=O)N[C@H]2CC[C@@H](n3c(=O)c4cc(F)cnc4n(-c4cccc(-c5ccc(CN6CCNCC6)cc5)c4)c3=O)CC2)nn1C. The summed E-state index contributed by atoms with van der Waals surface area (Å²) in [5.41, 5.74) is 3.92. The molecule has 3 aromatic heterocycles. The highest BCUT2D eigenvalue weighted by Gasteiger charge is 2.28. The number of benzene rings is 2. The van der Waals surface area contributed by atoms with E-state index >= 15 is 0 Å². The maximum Gasteiger partial charge on any atom is 0.337 e. The second-order valence-corrected chi connectivity index (χ2v) is 12.9. The van der Waals surface area contributed by atoms with Crippen molar-refractivity contribution in [3.05, 3.63) is 110 Å². The molecule has 0 radical (unpaired) electrons. The maximum atomic E-state index is 14.5. The molecular formula is C36H39FN8O3. The Hall–Kier alpha value is -4.94. The van der Waals surface area contributed by atoms with Crippen LogP contribution in [-0.4, -0.2) is 66.9 Å². The van der Waals surface area contributed by atoms with Crippen molar-refractivity contribution in [1.82, 2.24) is 39.4 Å². The van der Waals surface area contributed by atoms with Gasteiger partial charge in [0.25, 0.3) is 11.5 Å². The molecule has 1 amide bonds. The molecule has 248 valence electrons. The molecule has 7 rings (SSSR count). The van der Waals surface area contributed by atoms with Crippen LogP contribution in [0.2, 0.25) is 0 Å². The number of amides is 1. The zero-order chi connectivity index (χ0) is 33.4. The summed E-state index contributed by atoms with van der Waals surface area (Å²) >= 11 is 0. The van der Waals surface area contributed by atoms with Crippen LogP contribution in [0.4, 0.5) is 4.39 Å². The lowest BCUT2D eigenvalue weighted by molar-refractivity contribution is 0.0916. The minimum atomic E-state index is -0.651. The monoisotopic (exact) mass is 650 g/mol. The molecule has 2 aromatic carbocycles. The first-order valence-electron chi connectivity index (χ1n) is 16.5. The van der Waals surface area contributed by atoms with Crippen LogP contribution >= 0.6 is 0 Å². The number of rotatable bonds is 7. The lowest BCUT2D eigenvalue weighted by Gasteiger charge is -2.30. The van der Waals surface area contributed by atoms with Crippen molar-refractivity contribution in [2.24, 2.45) is 7.05 Å². The van der Waals surface area contributed by atoms with Gasteiger partial charge in [0.1, 0.15) is 11.5 Å². The van der Waals surface area contributed by atoms with Crippen molar-refractivity contribution in [2.75, 3.05) is 26.2 Å². The molecule has 1 aliphatic heterocycles. The summed E-state index contributed by atoms with van der Waals surface area (Å²) < 4.78 is 18.8. The molecule has 0 atom stereocenters. The Morgan fingerprint density at radius 3 is 2.44 bits per heavy atom. The van der Waals surface area contributed by atoms with Gasteiger partial charge in [-0.1, -0.05) is 36.4 Å². The first-order chi connectivity index (χ1) is 23.2. The topological polar surface area (TPSA) is 119 Å². The van der Waals surface area contributed by atoms with Gasteiger partial charge in [0.05, 0.1) is 17.3 Å². The molecule has 2 N–H and O–H groups in total. The second-order valence-electron chi connectivity index (χ2n) is 12.9. The molecule has 0 bridgehead atoms. The molecule has 0 unspecified atom stereocenters. The van der Waals surface area contributed by atoms with E-state index in [1.54, 1.807) is 23.9 Å². The standard InChI is InChI=1S/C36H39FN8O3/c1-23-18-32(41-42(23)2)34(46)40-28-10-12-29(13-11-28)45-35(47)31-20-27(37)21-39-33(31)44(36(45)48)30-5-3-4-26(19-30)25-8-6-24(7-9-25)22-43-16-14-38-15-17-43/h3-9,18-21,28-29,38H,10-17,22H2,1-2H3,(H,40,46)/t28-,29+. The molecule has 2 fully saturated rings.